The molecule has 0 saturated heterocycles. The summed E-state index contributed by atoms with van der Waals surface area (Å²) >= 11 is 0. The van der Waals surface area contributed by atoms with Crippen molar-refractivity contribution in [2.24, 2.45) is 0 Å². The van der Waals surface area contributed by atoms with E-state index in [4.69, 9.17) is 0 Å². The first-order chi connectivity index (χ1) is 20.8. The molecule has 2 nitrogen and oxygen atoms in total. The number of fused-ring (bicyclic) bond motifs is 7. The van der Waals surface area contributed by atoms with E-state index < -0.39 is 0 Å². The molecule has 2 heteroatoms. The Labute approximate surface area is 245 Å². The third kappa shape index (κ3) is 3.88. The van der Waals surface area contributed by atoms with Gasteiger partial charge in [0.15, 0.2) is 0 Å². The monoisotopic (exact) mass is 538 g/mol. The molecule has 0 fully saturated rings. The zero-order valence-electron chi connectivity index (χ0n) is 23.5. The molecule has 1 aliphatic rings. The second-order valence-electron chi connectivity index (χ2n) is 11.0. The number of aromatic nitrogens is 2. The van der Waals surface area contributed by atoms with Crippen molar-refractivity contribution in [2.45, 2.75) is 13.3 Å². The number of hydrogen-bond donors (Lipinski definition) is 0. The van der Waals surface area contributed by atoms with Gasteiger partial charge in [-0.05, 0) is 48.7 Å². The molecule has 2 aromatic heterocycles. The second kappa shape index (κ2) is 9.94. The van der Waals surface area contributed by atoms with Crippen LogP contribution in [-0.4, -0.2) is 9.13 Å². The smallest absolute Gasteiger partial charge is 0.0544 e. The fraction of sp³-hybridized carbons (Fsp3) is 0.0500. The number of aryl methyl sites for hydroxylation is 1. The maximum absolute atomic E-state index is 2.49. The van der Waals surface area contributed by atoms with Crippen molar-refractivity contribution in [1.82, 2.24) is 9.13 Å². The van der Waals surface area contributed by atoms with Crippen LogP contribution in [0.5, 0.6) is 0 Å². The maximum Gasteiger partial charge on any atom is 0.0544 e. The Kier molecular flexibility index (Phi) is 5.79. The van der Waals surface area contributed by atoms with E-state index in [0.29, 0.717) is 0 Å². The van der Waals surface area contributed by atoms with Crippen LogP contribution in [0.4, 0.5) is 0 Å². The van der Waals surface area contributed by atoms with Gasteiger partial charge in [-0.15, -0.1) is 0 Å². The molecule has 8 rings (SSSR count). The van der Waals surface area contributed by atoms with Crippen molar-refractivity contribution >= 4 is 44.7 Å². The Balaban J connectivity index is 1.49. The predicted molar refractivity (Wildman–Crippen MR) is 177 cm³/mol. The molecule has 0 radical (unpaired) electrons. The molecule has 0 unspecified atom stereocenters. The zero-order chi connectivity index (χ0) is 28.0. The molecule has 0 N–H and O–H groups in total. The van der Waals surface area contributed by atoms with E-state index in [9.17, 15) is 0 Å². The summed E-state index contributed by atoms with van der Waals surface area (Å²) in [6.07, 6.45) is 5.70. The lowest BCUT2D eigenvalue weighted by molar-refractivity contribution is 1.03. The lowest BCUT2D eigenvalue weighted by Gasteiger charge is -2.13. The second-order valence-corrected chi connectivity index (χ2v) is 11.0. The standard InChI is InChI=1S/C40H30N2/c1-28-13-3-2-4-17-30(18-11-14-28)41-37-22-9-7-20-32(37)34-25-26-39-35(27-40(34)41)33-21-8-10-23-38(33)42(39)36-24-12-16-29-15-5-6-19-31(29)36/h2-25,27H,26H2,1H3. The Bertz CT molecular complexity index is 2340. The van der Waals surface area contributed by atoms with Crippen molar-refractivity contribution in [2.75, 3.05) is 0 Å². The van der Waals surface area contributed by atoms with Crippen LogP contribution in [-0.2, 0) is 6.42 Å². The maximum atomic E-state index is 2.49. The average molecular weight is 539 g/mol. The number of nitrogens with zero attached hydrogens (tertiary/aromatic N) is 2. The third-order valence-electron chi connectivity index (χ3n) is 8.49. The van der Waals surface area contributed by atoms with Gasteiger partial charge in [0.1, 0.15) is 0 Å². The number of benzene rings is 4. The van der Waals surface area contributed by atoms with Gasteiger partial charge in [-0.3, -0.25) is 0 Å². The largest absolute Gasteiger partial charge is 0.312 e. The third-order valence-corrected chi connectivity index (χ3v) is 8.49. The van der Waals surface area contributed by atoms with Crippen LogP contribution in [0.15, 0.2) is 140 Å². The van der Waals surface area contributed by atoms with Crippen LogP contribution < -0.4 is 10.6 Å². The minimum atomic E-state index is 0.840. The first kappa shape index (κ1) is 24.5. The summed E-state index contributed by atoms with van der Waals surface area (Å²) in [6.45, 7) is 2.13. The van der Waals surface area contributed by atoms with E-state index in [2.05, 4.69) is 168 Å². The van der Waals surface area contributed by atoms with Crippen LogP contribution in [0.3, 0.4) is 0 Å². The molecule has 0 atom stereocenters. The summed E-state index contributed by atoms with van der Waals surface area (Å²) in [4.78, 5) is 0. The van der Waals surface area contributed by atoms with Gasteiger partial charge >= 0.3 is 0 Å². The Morgan fingerprint density at radius 3 is 2.02 bits per heavy atom. The average Bonchev–Trinajstić information content (AvgIpc) is 3.42. The summed E-state index contributed by atoms with van der Waals surface area (Å²) in [5, 5.41) is 7.58. The fourth-order valence-corrected chi connectivity index (χ4v) is 6.60. The number of hydrogen-bond acceptors (Lipinski definition) is 0. The van der Waals surface area contributed by atoms with Crippen LogP contribution in [0.25, 0.3) is 56.1 Å². The lowest BCUT2D eigenvalue weighted by atomic mass is 10.1. The van der Waals surface area contributed by atoms with Crippen LogP contribution in [0, 0.1) is 6.92 Å². The van der Waals surface area contributed by atoms with Crippen LogP contribution >= 0.6 is 0 Å². The van der Waals surface area contributed by atoms with Crippen molar-refractivity contribution in [3.63, 3.8) is 0 Å². The van der Waals surface area contributed by atoms with E-state index in [1.54, 1.807) is 0 Å². The molecule has 0 aliphatic heterocycles. The summed E-state index contributed by atoms with van der Waals surface area (Å²) in [5.74, 6) is 0. The Hall–Kier alpha value is -5.34. The van der Waals surface area contributed by atoms with E-state index in [1.165, 1.54) is 65.7 Å². The van der Waals surface area contributed by atoms with Gasteiger partial charge in [-0.25, -0.2) is 0 Å². The van der Waals surface area contributed by atoms with Gasteiger partial charge in [-0.1, -0.05) is 121 Å². The lowest BCUT2D eigenvalue weighted by Crippen LogP contribution is -2.28. The van der Waals surface area contributed by atoms with E-state index in [1.807, 2.05) is 0 Å². The minimum absolute atomic E-state index is 0.840. The highest BCUT2D eigenvalue weighted by molar-refractivity contribution is 5.98. The highest BCUT2D eigenvalue weighted by Gasteiger charge is 2.20. The molecule has 200 valence electrons. The quantitative estimate of drug-likeness (QED) is 0.209. The fourth-order valence-electron chi connectivity index (χ4n) is 6.60. The summed E-state index contributed by atoms with van der Waals surface area (Å²) in [5.41, 5.74) is 8.64. The number of rotatable bonds is 2. The van der Waals surface area contributed by atoms with E-state index in [0.717, 1.165) is 12.1 Å². The molecule has 7 aromatic rings. The van der Waals surface area contributed by atoms with Crippen LogP contribution in [0.1, 0.15) is 16.8 Å². The Morgan fingerprint density at radius 1 is 0.524 bits per heavy atom. The normalized spacial score (nSPS) is 12.2. The molecule has 0 saturated carbocycles. The van der Waals surface area contributed by atoms with Gasteiger partial charge in [0.05, 0.1) is 22.1 Å². The van der Waals surface area contributed by atoms with Gasteiger partial charge in [0.25, 0.3) is 0 Å². The van der Waals surface area contributed by atoms with Crippen molar-refractivity contribution in [1.29, 1.82) is 0 Å². The number of para-hydroxylation sites is 2. The van der Waals surface area contributed by atoms with Gasteiger partial charge in [-0.2, -0.15) is 0 Å². The van der Waals surface area contributed by atoms with E-state index >= 15 is 0 Å². The topological polar surface area (TPSA) is 9.86 Å². The molecule has 2 heterocycles. The minimum Gasteiger partial charge on any atom is -0.312 e. The molecule has 0 amide bonds. The highest BCUT2D eigenvalue weighted by atomic mass is 15.0. The van der Waals surface area contributed by atoms with Crippen molar-refractivity contribution < 1.29 is 0 Å². The van der Waals surface area contributed by atoms with Crippen LogP contribution in [0.2, 0.25) is 0 Å². The molecule has 5 aromatic carbocycles. The van der Waals surface area contributed by atoms with Crippen molar-refractivity contribution in [3.8, 4) is 11.4 Å². The molecule has 1 aliphatic carbocycles. The molecule has 0 bridgehead atoms. The SMILES string of the molecule is Cc1cccccc(-n2c3c(c4ccccc42)=CCc2c(c4ccccc4n2-c2cccc4ccccc24)C=3)ccc1. The van der Waals surface area contributed by atoms with Gasteiger partial charge in [0, 0.05) is 44.7 Å². The Morgan fingerprint density at radius 2 is 1.14 bits per heavy atom. The highest BCUT2D eigenvalue weighted by Crippen LogP contribution is 2.34. The zero-order valence-corrected chi connectivity index (χ0v) is 23.5. The predicted octanol–water partition coefficient (Wildman–Crippen LogP) is 8.33. The van der Waals surface area contributed by atoms with Crippen molar-refractivity contribution in [3.05, 3.63) is 167 Å². The molecule has 0 spiro atoms. The summed E-state index contributed by atoms with van der Waals surface area (Å²) < 4.78 is 4.92. The first-order valence-electron chi connectivity index (χ1n) is 14.6. The summed E-state index contributed by atoms with van der Waals surface area (Å²) in [6, 6.07) is 50.2. The molecular formula is C40H30N2. The summed E-state index contributed by atoms with van der Waals surface area (Å²) in [7, 11) is 0. The van der Waals surface area contributed by atoms with E-state index in [-0.39, 0.29) is 0 Å². The van der Waals surface area contributed by atoms with Gasteiger partial charge < -0.3 is 9.13 Å². The first-order valence-corrected chi connectivity index (χ1v) is 14.6. The molecular weight excluding hydrogens is 508 g/mol. The molecule has 42 heavy (non-hydrogen) atoms. The van der Waals surface area contributed by atoms with Gasteiger partial charge in [0.2, 0.25) is 0 Å².